The van der Waals surface area contributed by atoms with Crippen molar-refractivity contribution in [2.75, 3.05) is 24.7 Å². The zero-order chi connectivity index (χ0) is 15.4. The van der Waals surface area contributed by atoms with Crippen molar-refractivity contribution in [3.8, 4) is 0 Å². The van der Waals surface area contributed by atoms with Crippen LogP contribution in [0.4, 0.5) is 17.2 Å². The van der Waals surface area contributed by atoms with Gasteiger partial charge >= 0.3 is 0 Å². The Bertz CT molecular complexity index is 581. The summed E-state index contributed by atoms with van der Waals surface area (Å²) in [5.41, 5.74) is 9.18. The average Bonchev–Trinajstić information content (AvgIpc) is 2.48. The number of nitrogens with zero attached hydrogens (tertiary/aromatic N) is 3. The molecule has 0 aliphatic carbocycles. The Kier molecular flexibility index (Phi) is 4.81. The summed E-state index contributed by atoms with van der Waals surface area (Å²) in [5, 5.41) is 0. The highest BCUT2D eigenvalue weighted by atomic mass is 15.4. The second-order valence-electron chi connectivity index (χ2n) is 5.42. The number of hydrogen-bond donors (Lipinski definition) is 1. The molecule has 4 nitrogen and oxygen atoms in total. The summed E-state index contributed by atoms with van der Waals surface area (Å²) in [7, 11) is 4.16. The lowest BCUT2D eigenvalue weighted by Crippen LogP contribution is -2.42. The maximum absolute atomic E-state index is 6.29. The Morgan fingerprint density at radius 2 is 1.81 bits per heavy atom. The molecule has 1 aromatic heterocycles. The molecule has 2 aromatic rings. The molecule has 4 heteroatoms. The summed E-state index contributed by atoms with van der Waals surface area (Å²) in [4.78, 5) is 8.94. The van der Waals surface area contributed by atoms with Gasteiger partial charge in [-0.25, -0.2) is 4.98 Å². The van der Waals surface area contributed by atoms with Crippen molar-refractivity contribution in [2.45, 2.75) is 26.4 Å². The van der Waals surface area contributed by atoms with E-state index in [0.717, 1.165) is 29.2 Å². The van der Waals surface area contributed by atoms with E-state index in [-0.39, 0.29) is 6.17 Å². The highest BCUT2D eigenvalue weighted by Crippen LogP contribution is 2.33. The predicted octanol–water partition coefficient (Wildman–Crippen LogP) is 3.41. The van der Waals surface area contributed by atoms with Crippen molar-refractivity contribution in [1.82, 2.24) is 9.88 Å². The minimum atomic E-state index is 0.198. The number of benzene rings is 1. The third kappa shape index (κ3) is 3.16. The zero-order valence-corrected chi connectivity index (χ0v) is 13.2. The minimum Gasteiger partial charge on any atom is -0.396 e. The number of aryl methyl sites for hydroxylation is 1. The predicted molar refractivity (Wildman–Crippen MR) is 89.7 cm³/mol. The molecule has 0 amide bonds. The second kappa shape index (κ2) is 6.59. The highest BCUT2D eigenvalue weighted by molar-refractivity contribution is 5.73. The van der Waals surface area contributed by atoms with Crippen LogP contribution in [-0.4, -0.2) is 30.1 Å². The van der Waals surface area contributed by atoms with Crippen molar-refractivity contribution >= 4 is 17.2 Å². The summed E-state index contributed by atoms with van der Waals surface area (Å²) in [6.07, 6.45) is 2.99. The lowest BCUT2D eigenvalue weighted by molar-refractivity contribution is 0.289. The molecule has 0 aliphatic rings. The lowest BCUT2D eigenvalue weighted by atomic mass is 10.2. The summed E-state index contributed by atoms with van der Waals surface area (Å²) in [6.45, 7) is 4.19. The third-order valence-corrected chi connectivity index (χ3v) is 3.71. The molecule has 2 N–H and O–H groups in total. The Morgan fingerprint density at radius 1 is 1.14 bits per heavy atom. The van der Waals surface area contributed by atoms with E-state index in [1.165, 1.54) is 0 Å². The van der Waals surface area contributed by atoms with Gasteiger partial charge in [0.25, 0.3) is 0 Å². The van der Waals surface area contributed by atoms with E-state index in [0.29, 0.717) is 0 Å². The summed E-state index contributed by atoms with van der Waals surface area (Å²) in [5.74, 6) is 0.821. The van der Waals surface area contributed by atoms with Crippen LogP contribution in [0.15, 0.2) is 42.6 Å². The number of hydrogen-bond acceptors (Lipinski definition) is 4. The number of aromatic nitrogens is 1. The SMILES string of the molecule is CCC(N(C)C)N(c1ccccc1)c1nccc(C)c1N. The van der Waals surface area contributed by atoms with Crippen molar-refractivity contribution in [3.05, 3.63) is 48.2 Å². The summed E-state index contributed by atoms with van der Waals surface area (Å²) in [6, 6.07) is 12.2. The first-order valence-electron chi connectivity index (χ1n) is 7.28. The molecule has 0 spiro atoms. The van der Waals surface area contributed by atoms with Gasteiger partial charge in [-0.05, 0) is 51.2 Å². The van der Waals surface area contributed by atoms with E-state index in [4.69, 9.17) is 5.73 Å². The van der Waals surface area contributed by atoms with Gasteiger partial charge in [0.2, 0.25) is 0 Å². The number of para-hydroxylation sites is 1. The largest absolute Gasteiger partial charge is 0.396 e. The molecule has 1 heterocycles. The molecule has 0 fully saturated rings. The fraction of sp³-hybridized carbons (Fsp3) is 0.353. The van der Waals surface area contributed by atoms with Gasteiger partial charge in [-0.3, -0.25) is 4.90 Å². The third-order valence-electron chi connectivity index (χ3n) is 3.71. The van der Waals surface area contributed by atoms with Crippen LogP contribution in [-0.2, 0) is 0 Å². The Morgan fingerprint density at radius 3 is 2.38 bits per heavy atom. The first kappa shape index (κ1) is 15.3. The second-order valence-corrected chi connectivity index (χ2v) is 5.42. The van der Waals surface area contributed by atoms with Gasteiger partial charge in [0.05, 0.1) is 11.9 Å². The fourth-order valence-electron chi connectivity index (χ4n) is 2.55. The van der Waals surface area contributed by atoms with E-state index in [1.54, 1.807) is 0 Å². The molecule has 0 saturated heterocycles. The topological polar surface area (TPSA) is 45.4 Å². The van der Waals surface area contributed by atoms with E-state index in [9.17, 15) is 0 Å². The summed E-state index contributed by atoms with van der Waals surface area (Å²) < 4.78 is 0. The number of anilines is 3. The molecular weight excluding hydrogens is 260 g/mol. The normalized spacial score (nSPS) is 12.4. The van der Waals surface area contributed by atoms with Gasteiger partial charge in [0.15, 0.2) is 5.82 Å². The van der Waals surface area contributed by atoms with Crippen LogP contribution in [0, 0.1) is 6.92 Å². The zero-order valence-electron chi connectivity index (χ0n) is 13.2. The smallest absolute Gasteiger partial charge is 0.157 e. The fourth-order valence-corrected chi connectivity index (χ4v) is 2.55. The Labute approximate surface area is 127 Å². The minimum absolute atomic E-state index is 0.198. The monoisotopic (exact) mass is 284 g/mol. The Balaban J connectivity index is 2.58. The van der Waals surface area contributed by atoms with Crippen LogP contribution in [0.3, 0.4) is 0 Å². The number of nitrogens with two attached hydrogens (primary N) is 1. The summed E-state index contributed by atoms with van der Waals surface area (Å²) >= 11 is 0. The molecule has 2 rings (SSSR count). The number of rotatable bonds is 5. The van der Waals surface area contributed by atoms with Crippen molar-refractivity contribution in [1.29, 1.82) is 0 Å². The molecule has 1 aromatic carbocycles. The maximum Gasteiger partial charge on any atom is 0.157 e. The van der Waals surface area contributed by atoms with Gasteiger partial charge in [-0.1, -0.05) is 25.1 Å². The maximum atomic E-state index is 6.29. The van der Waals surface area contributed by atoms with E-state index in [2.05, 4.69) is 47.9 Å². The molecule has 0 saturated carbocycles. The van der Waals surface area contributed by atoms with Gasteiger partial charge in [-0.2, -0.15) is 0 Å². The van der Waals surface area contributed by atoms with Crippen molar-refractivity contribution in [3.63, 3.8) is 0 Å². The van der Waals surface area contributed by atoms with E-state index < -0.39 is 0 Å². The number of pyridine rings is 1. The standard InChI is InChI=1S/C17H24N4/c1-5-15(20(3)4)21(14-9-7-6-8-10-14)17-16(18)13(2)11-12-19-17/h6-12,15H,5,18H2,1-4H3. The van der Waals surface area contributed by atoms with Crippen LogP contribution in [0.1, 0.15) is 18.9 Å². The quantitative estimate of drug-likeness (QED) is 0.855. The molecule has 0 aliphatic heterocycles. The van der Waals surface area contributed by atoms with Crippen LogP contribution >= 0.6 is 0 Å². The molecule has 21 heavy (non-hydrogen) atoms. The van der Waals surface area contributed by atoms with Crippen LogP contribution in [0.2, 0.25) is 0 Å². The molecule has 0 bridgehead atoms. The molecule has 1 unspecified atom stereocenters. The number of nitrogen functional groups attached to an aromatic ring is 1. The van der Waals surface area contributed by atoms with Crippen LogP contribution in [0.25, 0.3) is 0 Å². The molecule has 0 radical (unpaired) electrons. The first-order valence-corrected chi connectivity index (χ1v) is 7.28. The first-order chi connectivity index (χ1) is 10.1. The van der Waals surface area contributed by atoms with Gasteiger partial charge in [-0.15, -0.1) is 0 Å². The van der Waals surface area contributed by atoms with E-state index >= 15 is 0 Å². The molecule has 112 valence electrons. The molecular formula is C17H24N4. The van der Waals surface area contributed by atoms with Gasteiger partial charge in [0.1, 0.15) is 0 Å². The average molecular weight is 284 g/mol. The van der Waals surface area contributed by atoms with Crippen molar-refractivity contribution in [2.24, 2.45) is 0 Å². The Hall–Kier alpha value is -2.07. The molecule has 1 atom stereocenters. The van der Waals surface area contributed by atoms with Crippen molar-refractivity contribution < 1.29 is 0 Å². The van der Waals surface area contributed by atoms with E-state index in [1.807, 2.05) is 37.4 Å². The van der Waals surface area contributed by atoms with Gasteiger partial charge in [0, 0.05) is 11.9 Å². The highest BCUT2D eigenvalue weighted by Gasteiger charge is 2.24. The van der Waals surface area contributed by atoms with Crippen LogP contribution in [0.5, 0.6) is 0 Å². The van der Waals surface area contributed by atoms with Gasteiger partial charge < -0.3 is 10.6 Å². The van der Waals surface area contributed by atoms with Crippen LogP contribution < -0.4 is 10.6 Å². The lowest BCUT2D eigenvalue weighted by Gasteiger charge is -2.37.